The quantitative estimate of drug-likeness (QED) is 0.634. The minimum absolute atomic E-state index is 0.241. The van der Waals surface area contributed by atoms with E-state index in [0.29, 0.717) is 30.3 Å². The van der Waals surface area contributed by atoms with Gasteiger partial charge in [-0.05, 0) is 42.5 Å². The highest BCUT2D eigenvalue weighted by molar-refractivity contribution is 6.07. The Balaban J connectivity index is 1.83. The van der Waals surface area contributed by atoms with Gasteiger partial charge >= 0.3 is 0 Å². The van der Waals surface area contributed by atoms with E-state index in [4.69, 9.17) is 9.47 Å². The Morgan fingerprint density at radius 2 is 1.70 bits per heavy atom. The number of fused-ring (bicyclic) bond motifs is 1. The van der Waals surface area contributed by atoms with Crippen LogP contribution in [0.3, 0.4) is 0 Å². The van der Waals surface area contributed by atoms with E-state index in [2.05, 4.69) is 0 Å². The molecular weight excluding hydrogens is 302 g/mol. The van der Waals surface area contributed by atoms with Gasteiger partial charge < -0.3 is 9.47 Å². The average molecular weight is 316 g/mol. The zero-order valence-corrected chi connectivity index (χ0v) is 12.2. The molecule has 2 aromatic rings. The third kappa shape index (κ3) is 3.39. The van der Waals surface area contributed by atoms with Gasteiger partial charge in [0.25, 0.3) is 0 Å². The number of carbonyl (C=O) groups is 1. The van der Waals surface area contributed by atoms with Gasteiger partial charge in [0.1, 0.15) is 11.6 Å². The summed E-state index contributed by atoms with van der Waals surface area (Å²) in [6.07, 6.45) is 3.04. The summed E-state index contributed by atoms with van der Waals surface area (Å²) in [4.78, 5) is 12.2. The first-order chi connectivity index (χ1) is 11.1. The maximum atomic E-state index is 13.5. The normalized spacial score (nSPS) is 13.8. The van der Waals surface area contributed by atoms with Crippen molar-refractivity contribution in [1.29, 1.82) is 0 Å². The molecule has 2 aromatic carbocycles. The lowest BCUT2D eigenvalue weighted by Crippen LogP contribution is -1.98. The van der Waals surface area contributed by atoms with Crippen LogP contribution in [-0.2, 0) is 0 Å². The predicted octanol–water partition coefficient (Wildman–Crippen LogP) is 4.02. The fourth-order valence-electron chi connectivity index (χ4n) is 2.24. The minimum Gasteiger partial charge on any atom is -0.490 e. The van der Waals surface area contributed by atoms with E-state index in [1.165, 1.54) is 6.07 Å². The number of rotatable bonds is 3. The van der Waals surface area contributed by atoms with Gasteiger partial charge in [-0.15, -0.1) is 0 Å². The lowest BCUT2D eigenvalue weighted by molar-refractivity contribution is 0.104. The van der Waals surface area contributed by atoms with Gasteiger partial charge in [0.2, 0.25) is 0 Å². The molecule has 0 fully saturated rings. The molecule has 0 unspecified atom stereocenters. The molecule has 0 spiro atoms. The van der Waals surface area contributed by atoms with Crippen LogP contribution >= 0.6 is 0 Å². The summed E-state index contributed by atoms with van der Waals surface area (Å²) in [6, 6.07) is 8.38. The molecule has 3 nitrogen and oxygen atoms in total. The number of ether oxygens (including phenoxy) is 2. The summed E-state index contributed by atoms with van der Waals surface area (Å²) in [5.74, 6) is -0.717. The second-order valence-electron chi connectivity index (χ2n) is 5.04. The molecule has 0 amide bonds. The van der Waals surface area contributed by atoms with Crippen molar-refractivity contribution in [2.75, 3.05) is 13.2 Å². The molecular formula is C18H14F2O3. The first kappa shape index (κ1) is 15.2. The summed E-state index contributed by atoms with van der Waals surface area (Å²) < 4.78 is 38.1. The number of allylic oxidation sites excluding steroid dienone is 1. The molecule has 3 rings (SSSR count). The lowest BCUT2D eigenvalue weighted by atomic mass is 10.1. The fourth-order valence-corrected chi connectivity index (χ4v) is 2.24. The largest absolute Gasteiger partial charge is 0.490 e. The van der Waals surface area contributed by atoms with Gasteiger partial charge in [0.15, 0.2) is 17.3 Å². The Morgan fingerprint density at radius 1 is 1.00 bits per heavy atom. The highest BCUT2D eigenvalue weighted by Crippen LogP contribution is 2.30. The van der Waals surface area contributed by atoms with E-state index in [1.54, 1.807) is 18.2 Å². The van der Waals surface area contributed by atoms with Crippen molar-refractivity contribution in [2.24, 2.45) is 0 Å². The number of benzene rings is 2. The second-order valence-corrected chi connectivity index (χ2v) is 5.04. The molecule has 0 radical (unpaired) electrons. The third-order valence-corrected chi connectivity index (χ3v) is 3.43. The number of hydrogen-bond acceptors (Lipinski definition) is 3. The van der Waals surface area contributed by atoms with Crippen molar-refractivity contribution in [3.63, 3.8) is 0 Å². The molecule has 0 N–H and O–H groups in total. The maximum Gasteiger partial charge on any atom is 0.185 e. The SMILES string of the molecule is O=C(C=Cc1c(F)cccc1F)c1ccc2c(c1)OCCCO2. The van der Waals surface area contributed by atoms with E-state index in [9.17, 15) is 13.6 Å². The van der Waals surface area contributed by atoms with E-state index in [1.807, 2.05) is 0 Å². The van der Waals surface area contributed by atoms with Gasteiger partial charge in [-0.25, -0.2) is 8.78 Å². The molecule has 5 heteroatoms. The number of halogens is 2. The average Bonchev–Trinajstić information content (AvgIpc) is 2.78. The van der Waals surface area contributed by atoms with Crippen LogP contribution in [0.15, 0.2) is 42.5 Å². The standard InChI is InChI=1S/C18H14F2O3/c19-14-3-1-4-15(20)13(14)6-7-16(21)12-5-8-17-18(11-12)23-10-2-9-22-17/h1,3-8,11H,2,9-10H2. The van der Waals surface area contributed by atoms with Crippen LogP contribution in [0.1, 0.15) is 22.3 Å². The summed E-state index contributed by atoms with van der Waals surface area (Å²) in [5.41, 5.74) is 0.123. The summed E-state index contributed by atoms with van der Waals surface area (Å²) in [5, 5.41) is 0. The number of hydrogen-bond donors (Lipinski definition) is 0. The zero-order chi connectivity index (χ0) is 16.2. The molecule has 0 saturated heterocycles. The molecule has 0 atom stereocenters. The summed E-state index contributed by atoms with van der Waals surface area (Å²) >= 11 is 0. The van der Waals surface area contributed by atoms with Crippen LogP contribution in [0.25, 0.3) is 6.08 Å². The minimum atomic E-state index is -0.715. The Morgan fingerprint density at radius 3 is 2.43 bits per heavy atom. The van der Waals surface area contributed by atoms with Gasteiger partial charge in [0.05, 0.1) is 13.2 Å². The first-order valence-electron chi connectivity index (χ1n) is 7.21. The van der Waals surface area contributed by atoms with Crippen molar-refractivity contribution in [1.82, 2.24) is 0 Å². The predicted molar refractivity (Wildman–Crippen MR) is 81.8 cm³/mol. The van der Waals surface area contributed by atoms with Crippen LogP contribution in [0, 0.1) is 11.6 Å². The highest BCUT2D eigenvalue weighted by atomic mass is 19.1. The topological polar surface area (TPSA) is 35.5 Å². The number of carbonyl (C=O) groups excluding carboxylic acids is 1. The molecule has 0 aliphatic carbocycles. The monoisotopic (exact) mass is 316 g/mol. The molecule has 0 saturated carbocycles. The Bertz CT molecular complexity index is 749. The van der Waals surface area contributed by atoms with Crippen molar-refractivity contribution in [2.45, 2.75) is 6.42 Å². The van der Waals surface area contributed by atoms with Crippen LogP contribution in [0.5, 0.6) is 11.5 Å². The van der Waals surface area contributed by atoms with Crippen molar-refractivity contribution >= 4 is 11.9 Å². The second kappa shape index (κ2) is 6.60. The third-order valence-electron chi connectivity index (χ3n) is 3.43. The Hall–Kier alpha value is -2.69. The van der Waals surface area contributed by atoms with E-state index in [0.717, 1.165) is 30.7 Å². The van der Waals surface area contributed by atoms with Crippen LogP contribution in [0.4, 0.5) is 8.78 Å². The van der Waals surface area contributed by atoms with Crippen molar-refractivity contribution in [3.8, 4) is 11.5 Å². The molecule has 1 aliphatic rings. The number of ketones is 1. The van der Waals surface area contributed by atoms with Gasteiger partial charge in [-0.1, -0.05) is 6.07 Å². The van der Waals surface area contributed by atoms with Crippen molar-refractivity contribution in [3.05, 3.63) is 65.2 Å². The molecule has 1 heterocycles. The van der Waals surface area contributed by atoms with Gasteiger partial charge in [-0.2, -0.15) is 0 Å². The Kier molecular flexibility index (Phi) is 4.37. The zero-order valence-electron chi connectivity index (χ0n) is 12.2. The van der Waals surface area contributed by atoms with Gasteiger partial charge in [-0.3, -0.25) is 4.79 Å². The van der Waals surface area contributed by atoms with Crippen LogP contribution in [-0.4, -0.2) is 19.0 Å². The maximum absolute atomic E-state index is 13.5. The molecule has 23 heavy (non-hydrogen) atoms. The Labute approximate surface area is 132 Å². The fraction of sp³-hybridized carbons (Fsp3) is 0.167. The lowest BCUT2D eigenvalue weighted by Gasteiger charge is -2.07. The first-order valence-corrected chi connectivity index (χ1v) is 7.21. The highest BCUT2D eigenvalue weighted by Gasteiger charge is 2.13. The molecule has 1 aliphatic heterocycles. The summed E-state index contributed by atoms with van der Waals surface area (Å²) in [7, 11) is 0. The van der Waals surface area contributed by atoms with Crippen LogP contribution in [0.2, 0.25) is 0 Å². The molecule has 0 bridgehead atoms. The van der Waals surface area contributed by atoms with Crippen molar-refractivity contribution < 1.29 is 23.0 Å². The summed E-state index contributed by atoms with van der Waals surface area (Å²) in [6.45, 7) is 1.08. The molecule has 0 aromatic heterocycles. The van der Waals surface area contributed by atoms with E-state index >= 15 is 0 Å². The molecule has 118 valence electrons. The van der Waals surface area contributed by atoms with Crippen LogP contribution < -0.4 is 9.47 Å². The van der Waals surface area contributed by atoms with E-state index in [-0.39, 0.29) is 11.3 Å². The van der Waals surface area contributed by atoms with E-state index < -0.39 is 11.6 Å². The smallest absolute Gasteiger partial charge is 0.185 e. The van der Waals surface area contributed by atoms with Gasteiger partial charge in [0, 0.05) is 17.5 Å².